The molecule has 3 aromatic rings. The van der Waals surface area contributed by atoms with E-state index in [9.17, 15) is 18.0 Å². The molecule has 1 aliphatic carbocycles. The molecule has 13 heteroatoms. The second kappa shape index (κ2) is 16.1. The van der Waals surface area contributed by atoms with Gasteiger partial charge in [-0.1, -0.05) is 43.0 Å². The summed E-state index contributed by atoms with van der Waals surface area (Å²) in [5.41, 5.74) is 0.744. The van der Waals surface area contributed by atoms with Crippen molar-refractivity contribution >= 4 is 39.1 Å². The van der Waals surface area contributed by atoms with Gasteiger partial charge in [0.2, 0.25) is 11.8 Å². The lowest BCUT2D eigenvalue weighted by atomic mass is 9.95. The second-order valence-electron chi connectivity index (χ2n) is 11.2. The van der Waals surface area contributed by atoms with Crippen LogP contribution >= 0.6 is 11.6 Å². The summed E-state index contributed by atoms with van der Waals surface area (Å²) in [7, 11) is 1.23. The third-order valence-corrected chi connectivity index (χ3v) is 10.2. The Bertz CT molecular complexity index is 1660. The van der Waals surface area contributed by atoms with Crippen LogP contribution in [0.15, 0.2) is 65.6 Å². The molecule has 0 aliphatic heterocycles. The number of rotatable bonds is 14. The Balaban J connectivity index is 1.78. The summed E-state index contributed by atoms with van der Waals surface area (Å²) in [6.45, 7) is 0.986. The fourth-order valence-electron chi connectivity index (χ4n) is 5.59. The van der Waals surface area contributed by atoms with Crippen LogP contribution in [0, 0.1) is 0 Å². The fraction of sp³-hybridized carbons (Fsp3) is 0.412. The lowest BCUT2D eigenvalue weighted by Crippen LogP contribution is -2.53. The van der Waals surface area contributed by atoms with Crippen LogP contribution in [0.3, 0.4) is 0 Å². The maximum absolute atomic E-state index is 14.5. The standard InChI is InChI=1S/C34H42ClN3O8S/c1-23(34(40)36-26-12-7-6-8-13-26)37(21-24-10-9-11-25(35)18-24)33(39)22-38(29-19-27(43-2)14-16-30(29)44-3)47(41,42)28-15-17-31(45-4)32(20-28)46-5/h9-11,14-20,23,26H,6-8,12-13,21-22H2,1-5H3,(H,36,40). The van der Waals surface area contributed by atoms with Crippen molar-refractivity contribution in [1.82, 2.24) is 10.2 Å². The Morgan fingerprint density at radius 3 is 2.19 bits per heavy atom. The summed E-state index contributed by atoms with van der Waals surface area (Å²) >= 11 is 6.26. The van der Waals surface area contributed by atoms with Crippen LogP contribution in [0.25, 0.3) is 0 Å². The number of methoxy groups -OCH3 is 4. The Hall–Kier alpha value is -4.16. The molecule has 254 valence electrons. The molecule has 2 amide bonds. The highest BCUT2D eigenvalue weighted by Crippen LogP contribution is 2.38. The van der Waals surface area contributed by atoms with Gasteiger partial charge in [-0.2, -0.15) is 0 Å². The normalized spacial score (nSPS) is 14.1. The molecule has 0 saturated heterocycles. The summed E-state index contributed by atoms with van der Waals surface area (Å²) in [5, 5.41) is 3.56. The van der Waals surface area contributed by atoms with Crippen molar-refractivity contribution in [3.8, 4) is 23.0 Å². The molecule has 4 rings (SSSR count). The molecule has 0 aromatic heterocycles. The van der Waals surface area contributed by atoms with Gasteiger partial charge in [-0.05, 0) is 61.7 Å². The molecule has 0 radical (unpaired) electrons. The van der Waals surface area contributed by atoms with Crippen molar-refractivity contribution in [2.24, 2.45) is 0 Å². The van der Waals surface area contributed by atoms with E-state index in [4.69, 9.17) is 30.5 Å². The summed E-state index contributed by atoms with van der Waals surface area (Å²) in [5.74, 6) is 0.112. The molecule has 0 spiro atoms. The number of carbonyl (C=O) groups excluding carboxylic acids is 2. The molecule has 47 heavy (non-hydrogen) atoms. The smallest absolute Gasteiger partial charge is 0.265 e. The van der Waals surface area contributed by atoms with Gasteiger partial charge in [0.25, 0.3) is 10.0 Å². The van der Waals surface area contributed by atoms with Crippen molar-refractivity contribution in [2.75, 3.05) is 39.3 Å². The number of sulfonamides is 1. The van der Waals surface area contributed by atoms with Gasteiger partial charge in [-0.15, -0.1) is 0 Å². The van der Waals surface area contributed by atoms with E-state index in [1.54, 1.807) is 43.3 Å². The van der Waals surface area contributed by atoms with Gasteiger partial charge in [-0.25, -0.2) is 8.42 Å². The number of halogens is 1. The molecular formula is C34H42ClN3O8S. The van der Waals surface area contributed by atoms with Crippen LogP contribution in [0.2, 0.25) is 5.02 Å². The SMILES string of the molecule is COc1ccc(OC)c(N(CC(=O)N(Cc2cccc(Cl)c2)C(C)C(=O)NC2CCCCC2)S(=O)(=O)c2ccc(OC)c(OC)c2)c1. The van der Waals surface area contributed by atoms with Gasteiger partial charge in [0.15, 0.2) is 11.5 Å². The van der Waals surface area contributed by atoms with Gasteiger partial charge < -0.3 is 29.2 Å². The number of benzene rings is 3. The quantitative estimate of drug-likeness (QED) is 0.238. The number of nitrogens with one attached hydrogen (secondary N) is 1. The Labute approximate surface area is 281 Å². The summed E-state index contributed by atoms with van der Waals surface area (Å²) in [4.78, 5) is 29.2. The van der Waals surface area contributed by atoms with Crippen LogP contribution in [-0.4, -0.2) is 72.2 Å². The minimum atomic E-state index is -4.45. The van der Waals surface area contributed by atoms with E-state index in [1.807, 2.05) is 0 Å². The highest BCUT2D eigenvalue weighted by atomic mass is 35.5. The molecule has 1 fully saturated rings. The van der Waals surface area contributed by atoms with E-state index in [1.165, 1.54) is 57.6 Å². The zero-order valence-corrected chi connectivity index (χ0v) is 28.9. The molecule has 11 nitrogen and oxygen atoms in total. The van der Waals surface area contributed by atoms with Crippen molar-refractivity contribution in [3.05, 3.63) is 71.2 Å². The third kappa shape index (κ3) is 8.61. The average molecular weight is 688 g/mol. The molecule has 0 bridgehead atoms. The number of hydrogen-bond donors (Lipinski definition) is 1. The second-order valence-corrected chi connectivity index (χ2v) is 13.5. The third-order valence-electron chi connectivity index (χ3n) is 8.24. The monoisotopic (exact) mass is 687 g/mol. The number of amides is 2. The van der Waals surface area contributed by atoms with Crippen LogP contribution in [-0.2, 0) is 26.2 Å². The highest BCUT2D eigenvalue weighted by molar-refractivity contribution is 7.92. The van der Waals surface area contributed by atoms with Crippen LogP contribution in [0.5, 0.6) is 23.0 Å². The van der Waals surface area contributed by atoms with Gasteiger partial charge in [0.1, 0.15) is 24.1 Å². The van der Waals surface area contributed by atoms with E-state index < -0.39 is 28.5 Å². The number of hydrogen-bond acceptors (Lipinski definition) is 8. The lowest BCUT2D eigenvalue weighted by molar-refractivity contribution is -0.139. The summed E-state index contributed by atoms with van der Waals surface area (Å²) < 4.78 is 51.5. The van der Waals surface area contributed by atoms with E-state index >= 15 is 0 Å². The van der Waals surface area contributed by atoms with E-state index in [0.717, 1.165) is 36.4 Å². The number of ether oxygens (including phenoxy) is 4. The predicted molar refractivity (Wildman–Crippen MR) is 180 cm³/mol. The van der Waals surface area contributed by atoms with Crippen molar-refractivity contribution in [2.45, 2.75) is 62.6 Å². The van der Waals surface area contributed by atoms with Crippen LogP contribution in [0.1, 0.15) is 44.6 Å². The molecule has 0 heterocycles. The lowest BCUT2D eigenvalue weighted by Gasteiger charge is -2.33. The maximum atomic E-state index is 14.5. The largest absolute Gasteiger partial charge is 0.497 e. The minimum Gasteiger partial charge on any atom is -0.497 e. The van der Waals surface area contributed by atoms with E-state index in [-0.39, 0.29) is 40.6 Å². The maximum Gasteiger partial charge on any atom is 0.265 e. The Morgan fingerprint density at radius 2 is 1.55 bits per heavy atom. The fourth-order valence-corrected chi connectivity index (χ4v) is 7.24. The summed E-state index contributed by atoms with van der Waals surface area (Å²) in [6.07, 6.45) is 4.91. The zero-order valence-electron chi connectivity index (χ0n) is 27.3. The first-order chi connectivity index (χ1) is 22.5. The molecule has 3 aromatic carbocycles. The predicted octanol–water partition coefficient (Wildman–Crippen LogP) is 5.44. The van der Waals surface area contributed by atoms with Crippen molar-refractivity contribution < 1.29 is 37.0 Å². The summed E-state index contributed by atoms with van der Waals surface area (Å²) in [6, 6.07) is 14.9. The first kappa shape index (κ1) is 35.7. The number of anilines is 1. The molecule has 1 aliphatic rings. The number of nitrogens with zero attached hydrogens (tertiary/aromatic N) is 2. The first-order valence-electron chi connectivity index (χ1n) is 15.3. The molecule has 1 atom stereocenters. The van der Waals surface area contributed by atoms with E-state index in [2.05, 4.69) is 5.32 Å². The minimum absolute atomic E-state index is 0.0120. The van der Waals surface area contributed by atoms with Gasteiger partial charge in [0, 0.05) is 29.7 Å². The van der Waals surface area contributed by atoms with Gasteiger partial charge in [-0.3, -0.25) is 13.9 Å². The van der Waals surface area contributed by atoms with Crippen molar-refractivity contribution in [1.29, 1.82) is 0 Å². The molecule has 1 unspecified atom stereocenters. The van der Waals surface area contributed by atoms with Crippen molar-refractivity contribution in [3.63, 3.8) is 0 Å². The molecular weight excluding hydrogens is 646 g/mol. The van der Waals surface area contributed by atoms with Gasteiger partial charge >= 0.3 is 0 Å². The van der Waals surface area contributed by atoms with Gasteiger partial charge in [0.05, 0.1) is 39.0 Å². The van der Waals surface area contributed by atoms with Crippen LogP contribution < -0.4 is 28.6 Å². The topological polar surface area (TPSA) is 124 Å². The molecule has 1 N–H and O–H groups in total. The van der Waals surface area contributed by atoms with Crippen LogP contribution in [0.4, 0.5) is 5.69 Å². The first-order valence-corrected chi connectivity index (χ1v) is 17.1. The zero-order chi connectivity index (χ0) is 34.1. The van der Waals surface area contributed by atoms with E-state index in [0.29, 0.717) is 22.1 Å². The Kier molecular flexibility index (Phi) is 12.2. The number of carbonyl (C=O) groups is 2. The average Bonchev–Trinajstić information content (AvgIpc) is 3.08. The highest BCUT2D eigenvalue weighted by Gasteiger charge is 2.35. The Morgan fingerprint density at radius 1 is 0.872 bits per heavy atom. The molecule has 1 saturated carbocycles.